The highest BCUT2D eigenvalue weighted by Gasteiger charge is 2.21. The standard InChI is InChI=1S/C17H28N2/c1-13-5-6-16(9-14(13)2)17(3,4)12-19-11-15-7-8-18-10-15/h5-6,9,15,18-19H,7-8,10-12H2,1-4H3. The molecule has 1 aliphatic heterocycles. The largest absolute Gasteiger partial charge is 0.316 e. The maximum atomic E-state index is 3.66. The van der Waals surface area contributed by atoms with Crippen molar-refractivity contribution in [3.8, 4) is 0 Å². The second-order valence-electron chi connectivity index (χ2n) is 6.67. The first-order chi connectivity index (χ1) is 8.99. The van der Waals surface area contributed by atoms with E-state index < -0.39 is 0 Å². The Morgan fingerprint density at radius 2 is 2.05 bits per heavy atom. The molecule has 2 N–H and O–H groups in total. The third-order valence-electron chi connectivity index (χ3n) is 4.45. The van der Waals surface area contributed by atoms with E-state index in [1.165, 1.54) is 36.2 Å². The number of hydrogen-bond acceptors (Lipinski definition) is 2. The molecule has 1 unspecified atom stereocenters. The van der Waals surface area contributed by atoms with Crippen LogP contribution in [0, 0.1) is 19.8 Å². The number of hydrogen-bond donors (Lipinski definition) is 2. The van der Waals surface area contributed by atoms with E-state index in [1.54, 1.807) is 0 Å². The van der Waals surface area contributed by atoms with E-state index in [0.717, 1.165) is 19.0 Å². The van der Waals surface area contributed by atoms with Gasteiger partial charge in [-0.2, -0.15) is 0 Å². The molecule has 2 rings (SSSR count). The van der Waals surface area contributed by atoms with E-state index in [1.807, 2.05) is 0 Å². The van der Waals surface area contributed by atoms with Crippen molar-refractivity contribution in [1.82, 2.24) is 10.6 Å². The lowest BCUT2D eigenvalue weighted by Gasteiger charge is -2.27. The van der Waals surface area contributed by atoms with Crippen LogP contribution in [0.2, 0.25) is 0 Å². The highest BCUT2D eigenvalue weighted by molar-refractivity contribution is 5.34. The van der Waals surface area contributed by atoms with Crippen LogP contribution >= 0.6 is 0 Å². The smallest absolute Gasteiger partial charge is 0.00433 e. The summed E-state index contributed by atoms with van der Waals surface area (Å²) >= 11 is 0. The molecule has 1 aliphatic rings. The van der Waals surface area contributed by atoms with E-state index in [4.69, 9.17) is 0 Å². The minimum Gasteiger partial charge on any atom is -0.316 e. The molecule has 19 heavy (non-hydrogen) atoms. The summed E-state index contributed by atoms with van der Waals surface area (Å²) in [6, 6.07) is 6.86. The maximum Gasteiger partial charge on any atom is 0.00433 e. The van der Waals surface area contributed by atoms with Crippen molar-refractivity contribution >= 4 is 0 Å². The molecule has 0 bridgehead atoms. The minimum absolute atomic E-state index is 0.199. The summed E-state index contributed by atoms with van der Waals surface area (Å²) < 4.78 is 0. The Bertz CT molecular complexity index is 417. The topological polar surface area (TPSA) is 24.1 Å². The second-order valence-corrected chi connectivity index (χ2v) is 6.67. The van der Waals surface area contributed by atoms with Gasteiger partial charge in [-0.15, -0.1) is 0 Å². The summed E-state index contributed by atoms with van der Waals surface area (Å²) in [4.78, 5) is 0. The van der Waals surface area contributed by atoms with Crippen molar-refractivity contribution in [1.29, 1.82) is 0 Å². The van der Waals surface area contributed by atoms with E-state index in [9.17, 15) is 0 Å². The lowest BCUT2D eigenvalue weighted by Crippen LogP contribution is -2.36. The first kappa shape index (κ1) is 14.5. The third kappa shape index (κ3) is 3.80. The number of nitrogens with one attached hydrogen (secondary N) is 2. The Hall–Kier alpha value is -0.860. The molecular formula is C17H28N2. The van der Waals surface area contributed by atoms with Crippen LogP contribution in [0.5, 0.6) is 0 Å². The molecule has 2 nitrogen and oxygen atoms in total. The highest BCUT2D eigenvalue weighted by Crippen LogP contribution is 2.24. The van der Waals surface area contributed by atoms with Gasteiger partial charge in [-0.3, -0.25) is 0 Å². The van der Waals surface area contributed by atoms with Gasteiger partial charge in [0.15, 0.2) is 0 Å². The SMILES string of the molecule is Cc1ccc(C(C)(C)CNCC2CCNC2)cc1C. The summed E-state index contributed by atoms with van der Waals surface area (Å²) in [7, 11) is 0. The predicted molar refractivity (Wildman–Crippen MR) is 82.8 cm³/mol. The summed E-state index contributed by atoms with van der Waals surface area (Å²) in [5.41, 5.74) is 4.41. The van der Waals surface area contributed by atoms with Gasteiger partial charge in [0.05, 0.1) is 0 Å². The lowest BCUT2D eigenvalue weighted by atomic mass is 9.83. The molecule has 0 saturated carbocycles. The number of benzene rings is 1. The Kier molecular flexibility index (Phi) is 4.64. The summed E-state index contributed by atoms with van der Waals surface area (Å²) in [5.74, 6) is 0.815. The van der Waals surface area contributed by atoms with Gasteiger partial charge < -0.3 is 10.6 Å². The van der Waals surface area contributed by atoms with Gasteiger partial charge in [0.2, 0.25) is 0 Å². The van der Waals surface area contributed by atoms with Gasteiger partial charge in [0.1, 0.15) is 0 Å². The van der Waals surface area contributed by atoms with Crippen molar-refractivity contribution < 1.29 is 0 Å². The van der Waals surface area contributed by atoms with Crippen molar-refractivity contribution in [3.63, 3.8) is 0 Å². The third-order valence-corrected chi connectivity index (χ3v) is 4.45. The molecule has 1 heterocycles. The van der Waals surface area contributed by atoms with E-state index in [-0.39, 0.29) is 5.41 Å². The van der Waals surface area contributed by atoms with E-state index >= 15 is 0 Å². The molecule has 106 valence electrons. The van der Waals surface area contributed by atoms with Gasteiger partial charge in [0.25, 0.3) is 0 Å². The van der Waals surface area contributed by atoms with Crippen LogP contribution in [0.1, 0.15) is 37.0 Å². The molecule has 1 saturated heterocycles. The Morgan fingerprint density at radius 3 is 2.68 bits per heavy atom. The molecule has 1 aromatic carbocycles. The van der Waals surface area contributed by atoms with Crippen LogP contribution < -0.4 is 10.6 Å². The molecule has 0 spiro atoms. The molecule has 0 amide bonds. The van der Waals surface area contributed by atoms with Gasteiger partial charge in [-0.05, 0) is 62.5 Å². The van der Waals surface area contributed by atoms with Crippen LogP contribution in [-0.2, 0) is 5.41 Å². The second kappa shape index (κ2) is 6.06. The summed E-state index contributed by atoms with van der Waals surface area (Å²) in [5, 5.41) is 7.09. The van der Waals surface area contributed by atoms with Crippen molar-refractivity contribution in [2.24, 2.45) is 5.92 Å². The minimum atomic E-state index is 0.199. The summed E-state index contributed by atoms with van der Waals surface area (Å²) in [6.07, 6.45) is 1.32. The molecule has 1 fully saturated rings. The monoisotopic (exact) mass is 260 g/mol. The molecule has 0 radical (unpaired) electrons. The van der Waals surface area contributed by atoms with Crippen molar-refractivity contribution in [2.75, 3.05) is 26.2 Å². The van der Waals surface area contributed by atoms with Crippen LogP contribution in [0.25, 0.3) is 0 Å². The fourth-order valence-electron chi connectivity index (χ4n) is 2.74. The first-order valence-electron chi connectivity index (χ1n) is 7.48. The predicted octanol–water partition coefficient (Wildman–Crippen LogP) is 2.78. The van der Waals surface area contributed by atoms with Crippen LogP contribution in [0.3, 0.4) is 0 Å². The molecule has 2 heteroatoms. The van der Waals surface area contributed by atoms with Crippen LogP contribution in [0.15, 0.2) is 18.2 Å². The molecule has 0 aliphatic carbocycles. The van der Waals surface area contributed by atoms with Gasteiger partial charge in [-0.25, -0.2) is 0 Å². The van der Waals surface area contributed by atoms with Crippen molar-refractivity contribution in [3.05, 3.63) is 34.9 Å². The Labute approximate surface area is 118 Å². The zero-order chi connectivity index (χ0) is 13.9. The number of aryl methyl sites for hydroxylation is 2. The summed E-state index contributed by atoms with van der Waals surface area (Å²) in [6.45, 7) is 13.6. The van der Waals surface area contributed by atoms with Gasteiger partial charge in [-0.1, -0.05) is 32.0 Å². The average molecular weight is 260 g/mol. The quantitative estimate of drug-likeness (QED) is 0.850. The van der Waals surface area contributed by atoms with Crippen LogP contribution in [-0.4, -0.2) is 26.2 Å². The molecule has 0 aromatic heterocycles. The molecule has 1 atom stereocenters. The highest BCUT2D eigenvalue weighted by atomic mass is 14.9. The van der Waals surface area contributed by atoms with Crippen molar-refractivity contribution in [2.45, 2.75) is 39.5 Å². The Balaban J connectivity index is 1.90. The first-order valence-corrected chi connectivity index (χ1v) is 7.48. The molecule has 1 aromatic rings. The fraction of sp³-hybridized carbons (Fsp3) is 0.647. The maximum absolute atomic E-state index is 3.66. The van der Waals surface area contributed by atoms with Crippen LogP contribution in [0.4, 0.5) is 0 Å². The van der Waals surface area contributed by atoms with Gasteiger partial charge >= 0.3 is 0 Å². The van der Waals surface area contributed by atoms with E-state index in [2.05, 4.69) is 56.5 Å². The molecular weight excluding hydrogens is 232 g/mol. The zero-order valence-electron chi connectivity index (χ0n) is 12.8. The Morgan fingerprint density at radius 1 is 1.26 bits per heavy atom. The van der Waals surface area contributed by atoms with E-state index in [0.29, 0.717) is 0 Å². The fourth-order valence-corrected chi connectivity index (χ4v) is 2.74. The normalized spacial score (nSPS) is 19.9. The zero-order valence-corrected chi connectivity index (χ0v) is 12.8. The van der Waals surface area contributed by atoms with Gasteiger partial charge in [0, 0.05) is 12.0 Å². The lowest BCUT2D eigenvalue weighted by molar-refractivity contribution is 0.431. The number of rotatable bonds is 5. The average Bonchev–Trinajstić information content (AvgIpc) is 2.85.